The summed E-state index contributed by atoms with van der Waals surface area (Å²) in [7, 11) is 1.44. The molecule has 1 saturated carbocycles. The van der Waals surface area contributed by atoms with Gasteiger partial charge in [-0.1, -0.05) is 0 Å². The van der Waals surface area contributed by atoms with Crippen molar-refractivity contribution in [1.82, 2.24) is 10.3 Å². The molecule has 1 aromatic heterocycles. The van der Waals surface area contributed by atoms with Crippen molar-refractivity contribution in [2.45, 2.75) is 18.1 Å². The van der Waals surface area contributed by atoms with E-state index in [1.54, 1.807) is 24.4 Å². The molecule has 1 aromatic carbocycles. The van der Waals surface area contributed by atoms with Crippen molar-refractivity contribution in [2.75, 3.05) is 13.7 Å². The fraction of sp³-hybridized carbons (Fsp3) is 0.353. The van der Waals surface area contributed by atoms with E-state index in [-0.39, 0.29) is 30.6 Å². The van der Waals surface area contributed by atoms with E-state index >= 15 is 0 Å². The molecule has 25 heavy (non-hydrogen) atoms. The number of hydrogen-bond acceptors (Lipinski definition) is 5. The number of benzene rings is 1. The van der Waals surface area contributed by atoms with Crippen LogP contribution in [0.25, 0.3) is 10.8 Å². The maximum absolute atomic E-state index is 14.0. The zero-order valence-corrected chi connectivity index (χ0v) is 13.4. The van der Waals surface area contributed by atoms with Gasteiger partial charge in [-0.15, -0.1) is 0 Å². The summed E-state index contributed by atoms with van der Waals surface area (Å²) in [6.07, 6.45) is 1.78. The van der Waals surface area contributed by atoms with Crippen molar-refractivity contribution >= 4 is 22.6 Å². The molecule has 130 valence electrons. The Morgan fingerprint density at radius 1 is 1.52 bits per heavy atom. The molecule has 3 N–H and O–H groups in total. The van der Waals surface area contributed by atoms with Gasteiger partial charge in [-0.2, -0.15) is 0 Å². The van der Waals surface area contributed by atoms with E-state index in [9.17, 15) is 14.0 Å². The lowest BCUT2D eigenvalue weighted by Crippen LogP contribution is -2.36. The van der Waals surface area contributed by atoms with Crippen LogP contribution in [0.1, 0.15) is 16.8 Å². The van der Waals surface area contributed by atoms with Crippen LogP contribution in [-0.2, 0) is 4.79 Å². The number of rotatable bonds is 5. The van der Waals surface area contributed by atoms with E-state index in [0.29, 0.717) is 22.4 Å². The minimum Gasteiger partial charge on any atom is -0.496 e. The number of pyridine rings is 1. The van der Waals surface area contributed by atoms with Gasteiger partial charge >= 0.3 is 0 Å². The van der Waals surface area contributed by atoms with Gasteiger partial charge in [-0.05, 0) is 30.0 Å². The van der Waals surface area contributed by atoms with E-state index < -0.39 is 17.5 Å². The number of piperidine rings is 1. The average molecular weight is 345 g/mol. The third-order valence-corrected chi connectivity index (χ3v) is 4.84. The van der Waals surface area contributed by atoms with Gasteiger partial charge in [-0.25, -0.2) is 9.37 Å². The van der Waals surface area contributed by atoms with Gasteiger partial charge in [0.15, 0.2) is 5.67 Å². The van der Waals surface area contributed by atoms with Gasteiger partial charge in [0.1, 0.15) is 12.4 Å². The van der Waals surface area contributed by atoms with Crippen LogP contribution < -0.4 is 20.5 Å². The van der Waals surface area contributed by atoms with Crippen LogP contribution in [0.2, 0.25) is 0 Å². The first-order valence-electron chi connectivity index (χ1n) is 7.83. The van der Waals surface area contributed by atoms with E-state index in [1.807, 2.05) is 0 Å². The maximum Gasteiger partial charge on any atom is 0.258 e. The lowest BCUT2D eigenvalue weighted by Gasteiger charge is -2.15. The summed E-state index contributed by atoms with van der Waals surface area (Å²) in [5.74, 6) is -0.870. The molecule has 7 nitrogen and oxygen atoms in total. The maximum atomic E-state index is 14.0. The van der Waals surface area contributed by atoms with Crippen molar-refractivity contribution in [3.05, 3.63) is 30.0 Å². The van der Waals surface area contributed by atoms with Crippen LogP contribution in [-0.4, -0.2) is 42.2 Å². The monoisotopic (exact) mass is 345 g/mol. The van der Waals surface area contributed by atoms with Crippen molar-refractivity contribution in [1.29, 1.82) is 0 Å². The third kappa shape index (κ3) is 2.36. The highest BCUT2D eigenvalue weighted by atomic mass is 19.1. The Labute approximate surface area is 142 Å². The summed E-state index contributed by atoms with van der Waals surface area (Å²) in [4.78, 5) is 27.3. The molecule has 8 heteroatoms. The van der Waals surface area contributed by atoms with Crippen LogP contribution in [0, 0.1) is 5.92 Å². The van der Waals surface area contributed by atoms with Gasteiger partial charge in [0.2, 0.25) is 5.88 Å². The number of hydrogen-bond donors (Lipinski definition) is 2. The molecule has 0 spiro atoms. The molecular weight excluding hydrogens is 329 g/mol. The first-order chi connectivity index (χ1) is 11.9. The minimum absolute atomic E-state index is 0.119. The summed E-state index contributed by atoms with van der Waals surface area (Å²) in [6, 6.07) is 4.58. The van der Waals surface area contributed by atoms with Gasteiger partial charge < -0.3 is 20.5 Å². The summed E-state index contributed by atoms with van der Waals surface area (Å²) < 4.78 is 24.9. The molecule has 1 saturated heterocycles. The van der Waals surface area contributed by atoms with Gasteiger partial charge in [-0.3, -0.25) is 9.59 Å². The van der Waals surface area contributed by atoms with Crippen molar-refractivity contribution in [2.24, 2.45) is 11.7 Å². The topological polar surface area (TPSA) is 104 Å². The Bertz CT molecular complexity index is 903. The molecular formula is C17H16FN3O4. The number of fused-ring (bicyclic) bond motifs is 2. The second-order valence-corrected chi connectivity index (χ2v) is 6.32. The summed E-state index contributed by atoms with van der Waals surface area (Å²) in [5.41, 5.74) is 3.90. The number of halogens is 1. The first-order valence-corrected chi connectivity index (χ1v) is 7.83. The van der Waals surface area contributed by atoms with Crippen LogP contribution in [0.4, 0.5) is 4.39 Å². The molecule has 1 aliphatic heterocycles. The molecule has 0 bridgehead atoms. The van der Waals surface area contributed by atoms with E-state index in [4.69, 9.17) is 15.2 Å². The number of nitrogens with two attached hydrogens (primary N) is 1. The smallest absolute Gasteiger partial charge is 0.258 e. The lowest BCUT2D eigenvalue weighted by atomic mass is 10.1. The zero-order chi connectivity index (χ0) is 17.8. The molecule has 3 atom stereocenters. The molecule has 2 aliphatic rings. The van der Waals surface area contributed by atoms with Gasteiger partial charge in [0, 0.05) is 17.5 Å². The number of aromatic nitrogens is 1. The second-order valence-electron chi connectivity index (χ2n) is 6.32. The fourth-order valence-electron chi connectivity index (χ4n) is 3.35. The number of nitrogens with one attached hydrogen (secondary N) is 1. The molecule has 2 aromatic rings. The largest absolute Gasteiger partial charge is 0.496 e. The SMILES string of the molecule is COc1cc2c(OC[C@H]3NC(=O)[C@]4(F)C[C@H]34)nccc2cc1C(N)=O. The van der Waals surface area contributed by atoms with Crippen molar-refractivity contribution < 1.29 is 23.5 Å². The third-order valence-electron chi connectivity index (χ3n) is 4.84. The standard InChI is InChI=1S/C17H16FN3O4/c1-24-13-5-9-8(4-10(13)14(19)22)2-3-20-15(9)25-7-12-11-6-17(11,18)16(23)21-12/h2-5,11-12H,6-7H2,1H3,(H2,19,22)(H,21,23)/t11-,12-,17+/m1/s1. The molecule has 0 unspecified atom stereocenters. The van der Waals surface area contributed by atoms with Crippen LogP contribution in [0.15, 0.2) is 24.4 Å². The zero-order valence-electron chi connectivity index (χ0n) is 13.4. The lowest BCUT2D eigenvalue weighted by molar-refractivity contribution is -0.125. The summed E-state index contributed by atoms with van der Waals surface area (Å²) in [5, 5.41) is 3.95. The Hall–Kier alpha value is -2.90. The normalized spacial score (nSPS) is 26.9. The van der Waals surface area contributed by atoms with E-state index in [2.05, 4.69) is 10.3 Å². The minimum atomic E-state index is -1.72. The molecule has 2 fully saturated rings. The molecule has 2 heterocycles. The predicted molar refractivity (Wildman–Crippen MR) is 86.2 cm³/mol. The van der Waals surface area contributed by atoms with Gasteiger partial charge in [0.05, 0.1) is 18.7 Å². The Kier molecular flexibility index (Phi) is 3.31. The number of carbonyl (C=O) groups is 2. The number of carbonyl (C=O) groups excluding carboxylic acids is 2. The molecule has 1 aliphatic carbocycles. The van der Waals surface area contributed by atoms with Crippen LogP contribution in [0.3, 0.4) is 0 Å². The molecule has 0 radical (unpaired) electrons. The average Bonchev–Trinajstić information content (AvgIpc) is 3.23. The predicted octanol–water partition coefficient (Wildman–Crippen LogP) is 0.948. The Morgan fingerprint density at radius 3 is 2.92 bits per heavy atom. The fourth-order valence-corrected chi connectivity index (χ4v) is 3.35. The highest BCUT2D eigenvalue weighted by Crippen LogP contribution is 2.53. The van der Waals surface area contributed by atoms with Crippen molar-refractivity contribution in [3.63, 3.8) is 0 Å². The van der Waals surface area contributed by atoms with E-state index in [1.165, 1.54) is 7.11 Å². The van der Waals surface area contributed by atoms with Crippen LogP contribution >= 0.6 is 0 Å². The van der Waals surface area contributed by atoms with Crippen LogP contribution in [0.5, 0.6) is 11.6 Å². The second kappa shape index (κ2) is 5.30. The molecule has 4 rings (SSSR count). The molecule has 2 amide bonds. The number of nitrogens with zero attached hydrogens (tertiary/aromatic N) is 1. The highest BCUT2D eigenvalue weighted by molar-refractivity contribution is 6.01. The quantitative estimate of drug-likeness (QED) is 0.840. The summed E-state index contributed by atoms with van der Waals surface area (Å²) in [6.45, 7) is 0.119. The summed E-state index contributed by atoms with van der Waals surface area (Å²) >= 11 is 0. The van der Waals surface area contributed by atoms with Crippen molar-refractivity contribution in [3.8, 4) is 11.6 Å². The number of ether oxygens (including phenoxy) is 2. The highest BCUT2D eigenvalue weighted by Gasteiger charge is 2.69. The number of primary amides is 1. The van der Waals surface area contributed by atoms with E-state index in [0.717, 1.165) is 0 Å². The number of alkyl halides is 1. The Morgan fingerprint density at radius 2 is 2.32 bits per heavy atom. The number of amides is 2. The van der Waals surface area contributed by atoms with Gasteiger partial charge in [0.25, 0.3) is 11.8 Å². The Balaban J connectivity index is 1.62. The first kappa shape index (κ1) is 15.6. The number of methoxy groups -OCH3 is 1.